The molecule has 0 radical (unpaired) electrons. The molecule has 0 unspecified atom stereocenters. The van der Waals surface area contributed by atoms with Gasteiger partial charge in [-0.05, 0) is 12.1 Å². The molecule has 0 saturated carbocycles. The number of phosphoric acid groups is 1. The van der Waals surface area contributed by atoms with Gasteiger partial charge in [0.05, 0.1) is 5.69 Å². The first-order chi connectivity index (χ1) is 6.79. The topological polar surface area (TPSA) is 142 Å². The van der Waals surface area contributed by atoms with E-state index in [0.717, 1.165) is 5.69 Å². The van der Waals surface area contributed by atoms with Crippen LogP contribution in [0, 0.1) is 0 Å². The third-order valence-electron chi connectivity index (χ3n) is 1.01. The van der Waals surface area contributed by atoms with Gasteiger partial charge >= 0.3 is 7.82 Å². The second-order valence-corrected chi connectivity index (χ2v) is 3.41. The van der Waals surface area contributed by atoms with Crippen molar-refractivity contribution in [1.29, 1.82) is 0 Å². The zero-order valence-corrected chi connectivity index (χ0v) is 8.58. The molecule has 7 N–H and O–H groups in total. The van der Waals surface area contributed by atoms with Crippen molar-refractivity contribution >= 4 is 19.5 Å². The first-order valence-corrected chi connectivity index (χ1v) is 5.28. The van der Waals surface area contributed by atoms with Crippen molar-refractivity contribution in [3.63, 3.8) is 0 Å². The smallest absolute Gasteiger partial charge is 0.370 e. The van der Waals surface area contributed by atoms with Crippen molar-refractivity contribution < 1.29 is 19.2 Å². The Balaban J connectivity index is 0.000000336. The monoisotopic (exact) mass is 233 g/mol. The summed E-state index contributed by atoms with van der Waals surface area (Å²) in [6, 6.07) is 9.33. The summed E-state index contributed by atoms with van der Waals surface area (Å²) in [4.78, 5) is 25.4. The van der Waals surface area contributed by atoms with Crippen LogP contribution in [0.5, 0.6) is 0 Å². The molecule has 0 spiro atoms. The van der Waals surface area contributed by atoms with Crippen molar-refractivity contribution in [2.75, 3.05) is 0 Å². The van der Waals surface area contributed by atoms with Crippen LogP contribution in [0.25, 0.3) is 0 Å². The Morgan fingerprint density at radius 2 is 1.53 bits per heavy atom. The van der Waals surface area contributed by atoms with E-state index in [1.165, 1.54) is 0 Å². The molecule has 1 rings (SSSR count). The minimum absolute atomic E-state index is 0.0891. The van der Waals surface area contributed by atoms with Gasteiger partial charge in [0.1, 0.15) is 0 Å². The lowest BCUT2D eigenvalue weighted by atomic mass is 10.3. The number of nitrogens with two attached hydrogens (primary N) is 2. The number of benzene rings is 1. The Morgan fingerprint density at radius 1 is 1.13 bits per heavy atom. The minimum atomic E-state index is -4.64. The summed E-state index contributed by atoms with van der Waals surface area (Å²) >= 11 is 0. The van der Waals surface area contributed by atoms with Crippen LogP contribution in [-0.2, 0) is 4.57 Å². The summed E-state index contributed by atoms with van der Waals surface area (Å²) in [5.74, 6) is 0.0891. The van der Waals surface area contributed by atoms with E-state index in [4.69, 9.17) is 30.7 Å². The molecule has 0 bridgehead atoms. The van der Waals surface area contributed by atoms with Gasteiger partial charge in [-0.25, -0.2) is 9.56 Å². The second-order valence-electron chi connectivity index (χ2n) is 2.39. The van der Waals surface area contributed by atoms with Gasteiger partial charge in [-0.1, -0.05) is 18.2 Å². The van der Waals surface area contributed by atoms with Crippen LogP contribution < -0.4 is 11.5 Å². The maximum Gasteiger partial charge on any atom is 0.466 e. The van der Waals surface area contributed by atoms with Gasteiger partial charge in [0, 0.05) is 0 Å². The fourth-order valence-corrected chi connectivity index (χ4v) is 0.652. The lowest BCUT2D eigenvalue weighted by molar-refractivity contribution is 0.275. The summed E-state index contributed by atoms with van der Waals surface area (Å²) in [7, 11) is -4.64. The molecule has 0 aliphatic carbocycles. The maximum atomic E-state index is 8.88. The van der Waals surface area contributed by atoms with E-state index in [1.54, 1.807) is 0 Å². The molecule has 0 aliphatic heterocycles. The predicted molar refractivity (Wildman–Crippen MR) is 56.2 cm³/mol. The van der Waals surface area contributed by atoms with Gasteiger partial charge in [-0.15, -0.1) is 0 Å². The lowest BCUT2D eigenvalue weighted by Crippen LogP contribution is -2.21. The number of rotatable bonds is 1. The largest absolute Gasteiger partial charge is 0.466 e. The summed E-state index contributed by atoms with van der Waals surface area (Å²) in [6.45, 7) is 0. The highest BCUT2D eigenvalue weighted by molar-refractivity contribution is 7.45. The van der Waals surface area contributed by atoms with E-state index in [-0.39, 0.29) is 5.96 Å². The van der Waals surface area contributed by atoms with Crippen LogP contribution in [0.4, 0.5) is 5.69 Å². The SMILES string of the molecule is NC(N)=Nc1ccccc1.O=P(O)(O)O. The van der Waals surface area contributed by atoms with Gasteiger partial charge < -0.3 is 26.1 Å². The molecular weight excluding hydrogens is 221 g/mol. The number of para-hydroxylation sites is 1. The Bertz CT molecular complexity index is 349. The highest BCUT2D eigenvalue weighted by atomic mass is 31.2. The predicted octanol–water partition coefficient (Wildman–Crippen LogP) is -0.337. The average molecular weight is 233 g/mol. The van der Waals surface area contributed by atoms with Crippen molar-refractivity contribution in [3.05, 3.63) is 30.3 Å². The zero-order valence-electron chi connectivity index (χ0n) is 7.69. The summed E-state index contributed by atoms with van der Waals surface area (Å²) in [5, 5.41) is 0. The van der Waals surface area contributed by atoms with E-state index in [2.05, 4.69) is 4.99 Å². The molecule has 0 saturated heterocycles. The molecule has 8 heteroatoms. The average Bonchev–Trinajstić information content (AvgIpc) is 2.01. The number of hydrogen-bond acceptors (Lipinski definition) is 2. The van der Waals surface area contributed by atoms with E-state index >= 15 is 0 Å². The second kappa shape index (κ2) is 6.15. The molecule has 0 heterocycles. The van der Waals surface area contributed by atoms with Crippen LogP contribution >= 0.6 is 7.82 Å². The highest BCUT2D eigenvalue weighted by Gasteiger charge is 2.00. The zero-order chi connectivity index (χ0) is 11.9. The molecule has 0 fully saturated rings. The Kier molecular flexibility index (Phi) is 5.58. The quantitative estimate of drug-likeness (QED) is 0.255. The van der Waals surface area contributed by atoms with Crippen LogP contribution in [0.15, 0.2) is 35.3 Å². The Morgan fingerprint density at radius 3 is 1.87 bits per heavy atom. The van der Waals surface area contributed by atoms with Crippen LogP contribution in [-0.4, -0.2) is 20.6 Å². The molecule has 1 aromatic rings. The molecular formula is C7H12N3O4P. The molecule has 0 atom stereocenters. The van der Waals surface area contributed by atoms with Crippen LogP contribution in [0.3, 0.4) is 0 Å². The van der Waals surface area contributed by atoms with E-state index < -0.39 is 7.82 Å². The highest BCUT2D eigenvalue weighted by Crippen LogP contribution is 2.25. The number of hydrogen-bond donors (Lipinski definition) is 5. The minimum Gasteiger partial charge on any atom is -0.370 e. The number of guanidine groups is 1. The fourth-order valence-electron chi connectivity index (χ4n) is 0.652. The molecule has 0 aromatic heterocycles. The van der Waals surface area contributed by atoms with E-state index in [0.29, 0.717) is 0 Å². The Hall–Kier alpha value is -1.40. The van der Waals surface area contributed by atoms with Gasteiger partial charge in [-0.3, -0.25) is 0 Å². The van der Waals surface area contributed by atoms with Crippen LogP contribution in [0.1, 0.15) is 0 Å². The molecule has 0 amide bonds. The summed E-state index contributed by atoms with van der Waals surface area (Å²) in [6.07, 6.45) is 0. The third-order valence-corrected chi connectivity index (χ3v) is 1.01. The van der Waals surface area contributed by atoms with Crippen molar-refractivity contribution in [3.8, 4) is 0 Å². The molecule has 84 valence electrons. The fraction of sp³-hybridized carbons (Fsp3) is 0. The maximum absolute atomic E-state index is 8.88. The van der Waals surface area contributed by atoms with E-state index in [1.807, 2.05) is 30.3 Å². The van der Waals surface area contributed by atoms with Gasteiger partial charge in [0.25, 0.3) is 0 Å². The van der Waals surface area contributed by atoms with Crippen molar-refractivity contribution in [2.45, 2.75) is 0 Å². The molecule has 15 heavy (non-hydrogen) atoms. The normalized spacial score (nSPS) is 9.80. The number of nitrogens with zero attached hydrogens (tertiary/aromatic N) is 1. The Labute approximate surface area is 86.3 Å². The number of aliphatic imine (C=N–C) groups is 1. The lowest BCUT2D eigenvalue weighted by Gasteiger charge is -1.91. The third kappa shape index (κ3) is 12.6. The summed E-state index contributed by atoms with van der Waals surface area (Å²) in [5.41, 5.74) is 11.1. The van der Waals surface area contributed by atoms with E-state index in [9.17, 15) is 0 Å². The molecule has 0 aliphatic rings. The summed E-state index contributed by atoms with van der Waals surface area (Å²) < 4.78 is 8.88. The van der Waals surface area contributed by atoms with Crippen molar-refractivity contribution in [1.82, 2.24) is 0 Å². The van der Waals surface area contributed by atoms with Gasteiger partial charge in [0.2, 0.25) is 0 Å². The first-order valence-electron chi connectivity index (χ1n) is 3.72. The molecule has 1 aromatic carbocycles. The van der Waals surface area contributed by atoms with Gasteiger partial charge in [0.15, 0.2) is 5.96 Å². The standard InChI is InChI=1S/C7H9N3.H3O4P/c8-7(9)10-6-4-2-1-3-5-6;1-5(2,3)4/h1-5H,(H4,8,9,10);(H3,1,2,3,4). The van der Waals surface area contributed by atoms with Crippen LogP contribution in [0.2, 0.25) is 0 Å². The van der Waals surface area contributed by atoms with Gasteiger partial charge in [-0.2, -0.15) is 0 Å². The molecule has 7 nitrogen and oxygen atoms in total. The first kappa shape index (κ1) is 13.6. The van der Waals surface area contributed by atoms with Crippen molar-refractivity contribution in [2.24, 2.45) is 16.5 Å².